The summed E-state index contributed by atoms with van der Waals surface area (Å²) in [6.07, 6.45) is 2.59. The molecule has 3 rings (SSSR count). The van der Waals surface area contributed by atoms with Crippen LogP contribution in [0.4, 0.5) is 18.9 Å². The molecule has 0 saturated heterocycles. The number of imide groups is 1. The van der Waals surface area contributed by atoms with Gasteiger partial charge >= 0.3 is 6.61 Å². The summed E-state index contributed by atoms with van der Waals surface area (Å²) >= 11 is 5.95. The number of hydrogen-bond donors (Lipinski definition) is 0. The Hall–Kier alpha value is -2.50. The molecule has 2 amide bonds. The molecule has 148 valence electrons. The van der Waals surface area contributed by atoms with Crippen molar-refractivity contribution in [3.8, 4) is 17.6 Å². The summed E-state index contributed by atoms with van der Waals surface area (Å²) in [5.74, 6) is 2.86. The lowest BCUT2D eigenvalue weighted by atomic mass is 9.93. The third-order valence-electron chi connectivity index (χ3n) is 4.34. The molecule has 0 saturated carbocycles. The predicted octanol–water partition coefficient (Wildman–Crippen LogP) is 3.84. The van der Waals surface area contributed by atoms with E-state index in [9.17, 15) is 22.8 Å². The van der Waals surface area contributed by atoms with Crippen molar-refractivity contribution in [1.82, 2.24) is 0 Å². The van der Waals surface area contributed by atoms with Crippen molar-refractivity contribution in [1.29, 1.82) is 0 Å². The Morgan fingerprint density at radius 2 is 1.68 bits per heavy atom. The zero-order chi connectivity index (χ0) is 20.3. The van der Waals surface area contributed by atoms with Crippen molar-refractivity contribution in [2.45, 2.75) is 32.3 Å². The van der Waals surface area contributed by atoms with Crippen LogP contribution >= 0.6 is 11.6 Å². The van der Waals surface area contributed by atoms with Crippen LogP contribution in [0.1, 0.15) is 25.7 Å². The van der Waals surface area contributed by atoms with Crippen LogP contribution in [0.5, 0.6) is 5.75 Å². The summed E-state index contributed by atoms with van der Waals surface area (Å²) in [4.78, 5) is 26.0. The van der Waals surface area contributed by atoms with Gasteiger partial charge in [0.1, 0.15) is 24.8 Å². The number of carbonyl (C=O) groups excluding carboxylic acids is 2. The lowest BCUT2D eigenvalue weighted by Gasteiger charge is -2.17. The van der Waals surface area contributed by atoms with Gasteiger partial charge in [0.15, 0.2) is 0 Å². The minimum Gasteiger partial charge on any atom is -0.479 e. The predicted molar refractivity (Wildman–Crippen MR) is 94.6 cm³/mol. The lowest BCUT2D eigenvalue weighted by molar-refractivity contribution is -0.121. The molecule has 0 N–H and O–H groups in total. The third kappa shape index (κ3) is 4.16. The molecule has 0 spiro atoms. The SMILES string of the molecule is O=C1C2=C(CCCC2)C(=O)N1c1cc(OCC#CCOC(F)F)c(Cl)cc1F. The van der Waals surface area contributed by atoms with Crippen molar-refractivity contribution < 1.29 is 32.2 Å². The number of halogens is 4. The largest absolute Gasteiger partial charge is 0.479 e. The van der Waals surface area contributed by atoms with Gasteiger partial charge in [-0.1, -0.05) is 23.4 Å². The number of alkyl halides is 2. The fourth-order valence-electron chi connectivity index (χ4n) is 3.08. The number of rotatable bonds is 5. The van der Waals surface area contributed by atoms with E-state index in [0.29, 0.717) is 24.0 Å². The first-order valence-corrected chi connectivity index (χ1v) is 8.86. The molecule has 1 aliphatic carbocycles. The fraction of sp³-hybridized carbons (Fsp3) is 0.368. The van der Waals surface area contributed by atoms with E-state index in [1.807, 2.05) is 0 Å². The lowest BCUT2D eigenvalue weighted by Crippen LogP contribution is -2.32. The molecule has 28 heavy (non-hydrogen) atoms. The van der Waals surface area contributed by atoms with E-state index in [2.05, 4.69) is 16.6 Å². The van der Waals surface area contributed by atoms with Crippen molar-refractivity contribution in [3.63, 3.8) is 0 Å². The Balaban J connectivity index is 1.77. The first-order valence-electron chi connectivity index (χ1n) is 8.48. The summed E-state index contributed by atoms with van der Waals surface area (Å²) in [5.41, 5.74) is 0.605. The van der Waals surface area contributed by atoms with Crippen LogP contribution in [-0.4, -0.2) is 31.6 Å². The van der Waals surface area contributed by atoms with E-state index in [-0.39, 0.29) is 23.1 Å². The first-order chi connectivity index (χ1) is 13.4. The van der Waals surface area contributed by atoms with Gasteiger partial charge in [0.05, 0.1) is 10.7 Å². The molecule has 2 aliphatic rings. The van der Waals surface area contributed by atoms with Crippen LogP contribution in [0.3, 0.4) is 0 Å². The monoisotopic (exact) mass is 413 g/mol. The van der Waals surface area contributed by atoms with Crippen molar-refractivity contribution in [3.05, 3.63) is 34.1 Å². The number of anilines is 1. The zero-order valence-electron chi connectivity index (χ0n) is 14.6. The molecule has 0 bridgehead atoms. The van der Waals surface area contributed by atoms with Crippen LogP contribution in [0.15, 0.2) is 23.3 Å². The van der Waals surface area contributed by atoms with E-state index >= 15 is 0 Å². The van der Waals surface area contributed by atoms with Crippen molar-refractivity contribution >= 4 is 29.1 Å². The van der Waals surface area contributed by atoms with E-state index in [1.165, 1.54) is 0 Å². The number of benzene rings is 1. The Labute approximate surface area is 164 Å². The van der Waals surface area contributed by atoms with Gasteiger partial charge in [-0.25, -0.2) is 9.29 Å². The summed E-state index contributed by atoms with van der Waals surface area (Å²) in [5, 5.41) is -0.0799. The van der Waals surface area contributed by atoms with Crippen molar-refractivity contribution in [2.24, 2.45) is 0 Å². The minimum absolute atomic E-state index is 0.00705. The van der Waals surface area contributed by atoms with E-state index in [1.54, 1.807) is 0 Å². The molecule has 1 aliphatic heterocycles. The molecule has 0 unspecified atom stereocenters. The number of amides is 2. The number of nitrogens with zero attached hydrogens (tertiary/aromatic N) is 1. The molecule has 9 heteroatoms. The first kappa shape index (κ1) is 20.2. The molecule has 1 aromatic rings. The van der Waals surface area contributed by atoms with Crippen LogP contribution in [-0.2, 0) is 14.3 Å². The Kier molecular flexibility index (Phi) is 6.27. The smallest absolute Gasteiger partial charge is 0.346 e. The maximum absolute atomic E-state index is 14.5. The van der Waals surface area contributed by atoms with Crippen molar-refractivity contribution in [2.75, 3.05) is 18.1 Å². The van der Waals surface area contributed by atoms with Gasteiger partial charge in [0, 0.05) is 17.2 Å². The fourth-order valence-corrected chi connectivity index (χ4v) is 3.28. The van der Waals surface area contributed by atoms with Crippen LogP contribution in [0.2, 0.25) is 5.02 Å². The summed E-state index contributed by atoms with van der Waals surface area (Å²) in [6, 6.07) is 2.10. The molecular weight excluding hydrogens is 399 g/mol. The standard InChI is InChI=1S/C19H15ClF3NO4/c20-13-9-14(21)15(10-16(13)27-7-3-4-8-28-19(22)23)24-17(25)11-5-1-2-6-12(11)18(24)26/h9-10,19H,1-2,5-8H2. The number of carbonyl (C=O) groups is 2. The topological polar surface area (TPSA) is 55.8 Å². The number of hydrogen-bond acceptors (Lipinski definition) is 4. The summed E-state index contributed by atoms with van der Waals surface area (Å²) in [7, 11) is 0. The Morgan fingerprint density at radius 1 is 1.07 bits per heavy atom. The quantitative estimate of drug-likeness (QED) is 0.543. The van der Waals surface area contributed by atoms with Gasteiger partial charge in [-0.15, -0.1) is 0 Å². The van der Waals surface area contributed by atoms with Gasteiger partial charge in [-0.2, -0.15) is 8.78 Å². The molecule has 0 aromatic heterocycles. The molecule has 1 heterocycles. The highest BCUT2D eigenvalue weighted by Crippen LogP contribution is 2.39. The second kappa shape index (κ2) is 8.67. The molecular formula is C19H15ClF3NO4. The molecule has 0 radical (unpaired) electrons. The Morgan fingerprint density at radius 3 is 2.29 bits per heavy atom. The highest BCUT2D eigenvalue weighted by atomic mass is 35.5. The highest BCUT2D eigenvalue weighted by molar-refractivity contribution is 6.34. The maximum atomic E-state index is 14.5. The normalized spacial score (nSPS) is 16.4. The summed E-state index contributed by atoms with van der Waals surface area (Å²) in [6.45, 7) is -3.62. The van der Waals surface area contributed by atoms with Gasteiger partial charge in [-0.3, -0.25) is 9.59 Å². The summed E-state index contributed by atoms with van der Waals surface area (Å²) < 4.78 is 47.4. The van der Waals surface area contributed by atoms with E-state index in [0.717, 1.165) is 29.9 Å². The zero-order valence-corrected chi connectivity index (χ0v) is 15.3. The van der Waals surface area contributed by atoms with Gasteiger partial charge < -0.3 is 9.47 Å². The number of ether oxygens (including phenoxy) is 2. The van der Waals surface area contributed by atoms with Crippen LogP contribution < -0.4 is 9.64 Å². The second-order valence-electron chi connectivity index (χ2n) is 6.06. The third-order valence-corrected chi connectivity index (χ3v) is 4.63. The average Bonchev–Trinajstić information content (AvgIpc) is 2.91. The van der Waals surface area contributed by atoms with E-state index < -0.39 is 30.8 Å². The van der Waals surface area contributed by atoms with Gasteiger partial charge in [0.25, 0.3) is 11.8 Å². The average molecular weight is 414 g/mol. The second-order valence-corrected chi connectivity index (χ2v) is 6.47. The molecule has 1 aromatic carbocycles. The van der Waals surface area contributed by atoms with Crippen LogP contribution in [0, 0.1) is 17.7 Å². The molecule has 5 nitrogen and oxygen atoms in total. The van der Waals surface area contributed by atoms with Gasteiger partial charge in [-0.05, 0) is 31.7 Å². The van der Waals surface area contributed by atoms with Crippen LogP contribution in [0.25, 0.3) is 0 Å². The highest BCUT2D eigenvalue weighted by Gasteiger charge is 2.41. The maximum Gasteiger partial charge on any atom is 0.346 e. The Bertz CT molecular complexity index is 876. The van der Waals surface area contributed by atoms with E-state index in [4.69, 9.17) is 16.3 Å². The molecule has 0 atom stereocenters. The minimum atomic E-state index is -2.92. The van der Waals surface area contributed by atoms with Gasteiger partial charge in [0.2, 0.25) is 0 Å². The molecule has 0 fully saturated rings.